The molecule has 0 unspecified atom stereocenters. The third kappa shape index (κ3) is 5.68. The first-order valence-electron chi connectivity index (χ1n) is 19.4. The summed E-state index contributed by atoms with van der Waals surface area (Å²) in [4.78, 5) is 4.63. The van der Waals surface area contributed by atoms with E-state index in [-0.39, 0.29) is 0 Å². The first kappa shape index (κ1) is 32.8. The van der Waals surface area contributed by atoms with Crippen LogP contribution in [0.2, 0.25) is 0 Å². The summed E-state index contributed by atoms with van der Waals surface area (Å²) in [5.74, 6) is 1.73. The monoisotopic (exact) mass is 728 g/mol. The van der Waals surface area contributed by atoms with E-state index in [1.807, 2.05) is 0 Å². The van der Waals surface area contributed by atoms with Gasteiger partial charge in [0.25, 0.3) is 0 Å². The summed E-state index contributed by atoms with van der Waals surface area (Å²) < 4.78 is 6.78. The van der Waals surface area contributed by atoms with Gasteiger partial charge in [0.05, 0.1) is 5.69 Å². The van der Waals surface area contributed by atoms with Gasteiger partial charge in [0.2, 0.25) is 0 Å². The van der Waals surface area contributed by atoms with Crippen LogP contribution in [0.25, 0.3) is 54.6 Å². The molecule has 3 nitrogen and oxygen atoms in total. The predicted octanol–water partition coefficient (Wildman–Crippen LogP) is 15.5. The number of nitrogens with zero attached hydrogens (tertiary/aromatic N) is 2. The maximum Gasteiger partial charge on any atom is 0.137 e. The van der Waals surface area contributed by atoms with E-state index in [9.17, 15) is 0 Å². The molecule has 0 atom stereocenters. The molecule has 0 radical (unpaired) electrons. The highest BCUT2D eigenvalue weighted by molar-refractivity contribution is 6.18. The van der Waals surface area contributed by atoms with Crippen LogP contribution in [0.3, 0.4) is 0 Å². The van der Waals surface area contributed by atoms with Crippen LogP contribution in [0.4, 0.5) is 34.1 Å². The van der Waals surface area contributed by atoms with Crippen molar-refractivity contribution in [2.75, 3.05) is 9.80 Å². The zero-order chi connectivity index (χ0) is 37.7. The van der Waals surface area contributed by atoms with Crippen LogP contribution in [0.15, 0.2) is 218 Å². The Hall–Kier alpha value is -7.62. The van der Waals surface area contributed by atoms with Gasteiger partial charge in [-0.05, 0) is 123 Å². The summed E-state index contributed by atoms with van der Waals surface area (Å²) >= 11 is 0. The average Bonchev–Trinajstić information content (AvgIpc) is 3.28. The second-order valence-corrected chi connectivity index (χ2v) is 14.5. The van der Waals surface area contributed by atoms with Gasteiger partial charge in [0.15, 0.2) is 0 Å². The Balaban J connectivity index is 0.980. The largest absolute Gasteiger partial charge is 0.456 e. The van der Waals surface area contributed by atoms with Crippen LogP contribution in [0, 0.1) is 0 Å². The normalized spacial score (nSPS) is 11.6. The van der Waals surface area contributed by atoms with Gasteiger partial charge in [-0.25, -0.2) is 0 Å². The van der Waals surface area contributed by atoms with Gasteiger partial charge >= 0.3 is 0 Å². The fourth-order valence-electron chi connectivity index (χ4n) is 8.54. The quantitative estimate of drug-likeness (QED) is 0.152. The van der Waals surface area contributed by atoms with Crippen LogP contribution in [0.1, 0.15) is 0 Å². The van der Waals surface area contributed by atoms with Crippen molar-refractivity contribution in [2.45, 2.75) is 0 Å². The number of anilines is 6. The number of fused-ring (bicyclic) bond motifs is 5. The lowest BCUT2D eigenvalue weighted by Crippen LogP contribution is -2.10. The van der Waals surface area contributed by atoms with Gasteiger partial charge in [0, 0.05) is 50.8 Å². The minimum atomic E-state index is 0.855. The Labute approximate surface area is 331 Å². The standard InChI is InChI=1S/C54H36N2O/c1-4-16-41(17-5-1)55(42-18-6-2-7-19-42)45-32-33-47-50-35-40-27-26-39(34-49(40)48-23-13-25-52(54(48)50)57-53(47)36-45)37-28-30-44(31-29-37)56(43-20-8-3-9-21-43)51-24-12-15-38-14-10-11-22-46(38)51/h1-36H. The molecular weight excluding hydrogens is 693 g/mol. The van der Waals surface area contributed by atoms with Crippen LogP contribution in [0.5, 0.6) is 11.5 Å². The number of ether oxygens (including phenoxy) is 1. The van der Waals surface area contributed by atoms with Gasteiger partial charge in [-0.3, -0.25) is 0 Å². The minimum Gasteiger partial charge on any atom is -0.456 e. The minimum absolute atomic E-state index is 0.855. The highest BCUT2D eigenvalue weighted by Gasteiger charge is 2.24. The number of hydrogen-bond acceptors (Lipinski definition) is 3. The molecule has 0 saturated carbocycles. The molecule has 0 N–H and O–H groups in total. The number of hydrogen-bond donors (Lipinski definition) is 0. The van der Waals surface area contributed by atoms with Crippen LogP contribution in [-0.2, 0) is 0 Å². The van der Waals surface area contributed by atoms with E-state index < -0.39 is 0 Å². The summed E-state index contributed by atoms with van der Waals surface area (Å²) in [7, 11) is 0. The van der Waals surface area contributed by atoms with E-state index >= 15 is 0 Å². The highest BCUT2D eigenvalue weighted by Crippen LogP contribution is 2.51. The Morgan fingerprint density at radius 1 is 0.298 bits per heavy atom. The molecule has 3 heteroatoms. The van der Waals surface area contributed by atoms with Crippen molar-refractivity contribution in [1.82, 2.24) is 0 Å². The molecule has 0 aromatic heterocycles. The van der Waals surface area contributed by atoms with Gasteiger partial charge in [0.1, 0.15) is 11.5 Å². The van der Waals surface area contributed by atoms with Gasteiger partial charge in [-0.1, -0.05) is 127 Å². The van der Waals surface area contributed by atoms with Gasteiger partial charge in [-0.15, -0.1) is 0 Å². The molecular formula is C54H36N2O. The van der Waals surface area contributed by atoms with E-state index in [1.165, 1.54) is 43.6 Å². The van der Waals surface area contributed by atoms with E-state index in [2.05, 4.69) is 228 Å². The first-order valence-corrected chi connectivity index (χ1v) is 19.4. The van der Waals surface area contributed by atoms with Crippen LogP contribution < -0.4 is 14.5 Å². The molecule has 1 heterocycles. The highest BCUT2D eigenvalue weighted by atomic mass is 16.5. The number of rotatable bonds is 7. The molecule has 0 fully saturated rings. The van der Waals surface area contributed by atoms with Crippen molar-refractivity contribution in [1.29, 1.82) is 0 Å². The molecule has 268 valence electrons. The number of benzene rings is 10. The fourth-order valence-corrected chi connectivity index (χ4v) is 8.54. The van der Waals surface area contributed by atoms with Crippen molar-refractivity contribution in [2.24, 2.45) is 0 Å². The molecule has 0 amide bonds. The van der Waals surface area contributed by atoms with E-state index in [1.54, 1.807) is 0 Å². The lowest BCUT2D eigenvalue weighted by atomic mass is 9.89. The lowest BCUT2D eigenvalue weighted by molar-refractivity contribution is 0.487. The SMILES string of the molecule is c1ccc(N(c2ccccc2)c2ccc3c(c2)Oc2cccc4c2c-3cc2ccc(-c3ccc(N(c5ccccc5)c5cccc6ccccc56)cc3)cc24)cc1. The molecule has 57 heavy (non-hydrogen) atoms. The first-order chi connectivity index (χ1) is 28.3. The van der Waals surface area contributed by atoms with Crippen molar-refractivity contribution in [3.63, 3.8) is 0 Å². The Morgan fingerprint density at radius 2 is 0.877 bits per heavy atom. The van der Waals surface area contributed by atoms with Crippen molar-refractivity contribution in [3.05, 3.63) is 218 Å². The molecule has 11 rings (SSSR count). The lowest BCUT2D eigenvalue weighted by Gasteiger charge is -2.28. The van der Waals surface area contributed by atoms with Crippen molar-refractivity contribution < 1.29 is 4.74 Å². The Morgan fingerprint density at radius 3 is 1.61 bits per heavy atom. The molecule has 0 spiro atoms. The maximum atomic E-state index is 6.78. The maximum absolute atomic E-state index is 6.78. The fraction of sp³-hybridized carbons (Fsp3) is 0. The zero-order valence-corrected chi connectivity index (χ0v) is 31.1. The number of para-hydroxylation sites is 3. The molecule has 10 aromatic carbocycles. The summed E-state index contributed by atoms with van der Waals surface area (Å²) in [6.07, 6.45) is 0. The molecule has 0 saturated heterocycles. The Kier molecular flexibility index (Phi) is 7.82. The third-order valence-electron chi connectivity index (χ3n) is 11.2. The van der Waals surface area contributed by atoms with Crippen molar-refractivity contribution in [3.8, 4) is 33.8 Å². The van der Waals surface area contributed by atoms with E-state index in [0.29, 0.717) is 0 Å². The molecule has 10 aromatic rings. The summed E-state index contributed by atoms with van der Waals surface area (Å²) in [6.45, 7) is 0. The second kappa shape index (κ2) is 13.6. The van der Waals surface area contributed by atoms with Gasteiger partial charge < -0.3 is 14.5 Å². The van der Waals surface area contributed by atoms with Gasteiger partial charge in [-0.2, -0.15) is 0 Å². The average molecular weight is 729 g/mol. The summed E-state index contributed by atoms with van der Waals surface area (Å²) in [6, 6.07) is 77.9. The topological polar surface area (TPSA) is 15.7 Å². The molecule has 1 aliphatic rings. The third-order valence-corrected chi connectivity index (χ3v) is 11.2. The van der Waals surface area contributed by atoms with E-state index in [4.69, 9.17) is 4.74 Å². The molecule has 1 aliphatic heterocycles. The molecule has 0 bridgehead atoms. The Bertz CT molecular complexity index is 3040. The smallest absolute Gasteiger partial charge is 0.137 e. The van der Waals surface area contributed by atoms with Crippen molar-refractivity contribution >= 4 is 66.4 Å². The summed E-state index contributed by atoms with van der Waals surface area (Å²) in [5.41, 5.74) is 11.3. The second-order valence-electron chi connectivity index (χ2n) is 14.5. The zero-order valence-electron chi connectivity index (χ0n) is 31.1. The summed E-state index contributed by atoms with van der Waals surface area (Å²) in [5, 5.41) is 7.19. The van der Waals surface area contributed by atoms with Crippen LogP contribution >= 0.6 is 0 Å². The molecule has 0 aliphatic carbocycles. The van der Waals surface area contributed by atoms with Crippen LogP contribution in [-0.4, -0.2) is 0 Å². The van der Waals surface area contributed by atoms with E-state index in [0.717, 1.165) is 56.6 Å². The predicted molar refractivity (Wildman–Crippen MR) is 239 cm³/mol.